The van der Waals surface area contributed by atoms with Crippen molar-refractivity contribution in [2.24, 2.45) is 0 Å². The van der Waals surface area contributed by atoms with Crippen LogP contribution < -0.4 is 0 Å². The Hall–Kier alpha value is -1.39. The lowest BCUT2D eigenvalue weighted by Gasteiger charge is -2.06. The highest BCUT2D eigenvalue weighted by Gasteiger charge is 2.32. The van der Waals surface area contributed by atoms with Crippen LogP contribution in [0.5, 0.6) is 0 Å². The number of alkyl halides is 3. The molecule has 0 bridgehead atoms. The lowest BCUT2D eigenvalue weighted by atomic mass is 10.2. The van der Waals surface area contributed by atoms with Gasteiger partial charge in [-0.3, -0.25) is 4.79 Å². The largest absolute Gasteiger partial charge is 0.433 e. The topological polar surface area (TPSA) is 30.0 Å². The number of nitrogens with zero attached hydrogens (tertiary/aromatic N) is 1. The van der Waals surface area contributed by atoms with Crippen LogP contribution in [-0.2, 0) is 6.18 Å². The van der Waals surface area contributed by atoms with Gasteiger partial charge in [-0.15, -0.1) is 0 Å². The van der Waals surface area contributed by atoms with Crippen LogP contribution in [0.3, 0.4) is 0 Å². The summed E-state index contributed by atoms with van der Waals surface area (Å²) in [5, 5.41) is 0. The number of aromatic nitrogens is 1. The Kier molecular flexibility index (Phi) is 2.36. The van der Waals surface area contributed by atoms with Crippen molar-refractivity contribution in [3.8, 4) is 0 Å². The number of hydrogen-bond donors (Lipinski definition) is 0. The second-order valence-electron chi connectivity index (χ2n) is 2.57. The van der Waals surface area contributed by atoms with Crippen molar-refractivity contribution in [1.82, 2.24) is 4.98 Å². The number of carbonyl (C=O) groups is 1. The van der Waals surface area contributed by atoms with Crippen molar-refractivity contribution in [1.29, 1.82) is 0 Å². The van der Waals surface area contributed by atoms with E-state index in [0.29, 0.717) is 11.8 Å². The highest BCUT2D eigenvalue weighted by molar-refractivity contribution is 5.72. The number of hydrogen-bond acceptors (Lipinski definition) is 2. The Bertz CT molecular complexity index is 333. The summed E-state index contributed by atoms with van der Waals surface area (Å²) in [6.07, 6.45) is -4.20. The van der Waals surface area contributed by atoms with Gasteiger partial charge in [-0.2, -0.15) is 13.2 Å². The van der Waals surface area contributed by atoms with Crippen LogP contribution in [0.4, 0.5) is 13.2 Å². The summed E-state index contributed by atoms with van der Waals surface area (Å²) in [6.45, 7) is 1.48. The Morgan fingerprint density at radius 3 is 2.46 bits per heavy atom. The Morgan fingerprint density at radius 2 is 2.00 bits per heavy atom. The number of aryl methyl sites for hydroxylation is 1. The van der Waals surface area contributed by atoms with Gasteiger partial charge >= 0.3 is 6.18 Å². The third-order valence-electron chi connectivity index (χ3n) is 1.40. The fourth-order valence-electron chi connectivity index (χ4n) is 0.900. The van der Waals surface area contributed by atoms with Gasteiger partial charge in [0.05, 0.1) is 0 Å². The summed E-state index contributed by atoms with van der Waals surface area (Å²) in [4.78, 5) is 13.3. The molecular formula is C8H6F3NO. The zero-order chi connectivity index (χ0) is 10.1. The van der Waals surface area contributed by atoms with E-state index in [9.17, 15) is 18.0 Å². The lowest BCUT2D eigenvalue weighted by molar-refractivity contribution is -0.141. The smallest absolute Gasteiger partial charge is 0.296 e. The van der Waals surface area contributed by atoms with Crippen LogP contribution in [0, 0.1) is 6.92 Å². The highest BCUT2D eigenvalue weighted by Crippen LogP contribution is 2.28. The van der Waals surface area contributed by atoms with Gasteiger partial charge in [-0.25, -0.2) is 4.98 Å². The van der Waals surface area contributed by atoms with Crippen molar-refractivity contribution in [3.05, 3.63) is 29.1 Å². The molecule has 1 rings (SSSR count). The number of halogens is 3. The van der Waals surface area contributed by atoms with Crippen molar-refractivity contribution < 1.29 is 18.0 Å². The van der Waals surface area contributed by atoms with Crippen molar-refractivity contribution in [2.75, 3.05) is 0 Å². The number of carbonyl (C=O) groups excluding carboxylic acids is 1. The molecule has 5 heteroatoms. The molecule has 0 saturated heterocycles. The molecule has 1 aromatic heterocycles. The minimum atomic E-state index is -4.50. The van der Waals surface area contributed by atoms with Gasteiger partial charge in [0.2, 0.25) is 0 Å². The van der Waals surface area contributed by atoms with Crippen molar-refractivity contribution in [2.45, 2.75) is 13.1 Å². The minimum absolute atomic E-state index is 0.202. The van der Waals surface area contributed by atoms with Gasteiger partial charge in [0.25, 0.3) is 0 Å². The van der Waals surface area contributed by atoms with Crippen LogP contribution in [0.25, 0.3) is 0 Å². The first-order chi connectivity index (χ1) is 5.93. The average molecular weight is 189 g/mol. The molecule has 1 aromatic rings. The average Bonchev–Trinajstić information content (AvgIpc) is 2.01. The van der Waals surface area contributed by atoms with E-state index in [0.717, 1.165) is 6.07 Å². The van der Waals surface area contributed by atoms with Crippen LogP contribution in [-0.4, -0.2) is 11.3 Å². The SMILES string of the molecule is Cc1cc(C=O)nc(C(F)(F)F)c1. The monoisotopic (exact) mass is 189 g/mol. The van der Waals surface area contributed by atoms with E-state index in [4.69, 9.17) is 0 Å². The highest BCUT2D eigenvalue weighted by atomic mass is 19.4. The van der Waals surface area contributed by atoms with E-state index in [2.05, 4.69) is 4.98 Å². The van der Waals surface area contributed by atoms with E-state index in [-0.39, 0.29) is 5.69 Å². The summed E-state index contributed by atoms with van der Waals surface area (Å²) in [5.41, 5.74) is -0.869. The quantitative estimate of drug-likeness (QED) is 0.634. The Morgan fingerprint density at radius 1 is 1.38 bits per heavy atom. The molecule has 0 unspecified atom stereocenters. The van der Waals surface area contributed by atoms with Crippen molar-refractivity contribution in [3.63, 3.8) is 0 Å². The van der Waals surface area contributed by atoms with E-state index >= 15 is 0 Å². The Balaban J connectivity index is 3.24. The number of aldehydes is 1. The van der Waals surface area contributed by atoms with Gasteiger partial charge in [-0.05, 0) is 24.6 Å². The van der Waals surface area contributed by atoms with E-state index < -0.39 is 11.9 Å². The zero-order valence-electron chi connectivity index (χ0n) is 6.72. The maximum Gasteiger partial charge on any atom is 0.433 e. The lowest BCUT2D eigenvalue weighted by Crippen LogP contribution is -2.09. The molecule has 0 aliphatic heterocycles. The molecule has 70 valence electrons. The molecule has 0 saturated carbocycles. The van der Waals surface area contributed by atoms with Gasteiger partial charge in [-0.1, -0.05) is 0 Å². The summed E-state index contributed by atoms with van der Waals surface area (Å²) in [6, 6.07) is 2.19. The van der Waals surface area contributed by atoms with Crippen LogP contribution in [0.15, 0.2) is 12.1 Å². The molecule has 0 amide bonds. The predicted molar refractivity (Wildman–Crippen MR) is 39.4 cm³/mol. The predicted octanol–water partition coefficient (Wildman–Crippen LogP) is 2.22. The first-order valence-corrected chi connectivity index (χ1v) is 3.44. The van der Waals surface area contributed by atoms with Gasteiger partial charge < -0.3 is 0 Å². The molecular weight excluding hydrogens is 183 g/mol. The summed E-state index contributed by atoms with van der Waals surface area (Å²) < 4.78 is 36.3. The Labute approximate surface area is 72.4 Å². The fourth-order valence-corrected chi connectivity index (χ4v) is 0.900. The first kappa shape index (κ1) is 9.70. The van der Waals surface area contributed by atoms with E-state index in [1.54, 1.807) is 0 Å². The molecule has 0 N–H and O–H groups in total. The van der Waals surface area contributed by atoms with E-state index in [1.165, 1.54) is 13.0 Å². The van der Waals surface area contributed by atoms with Crippen LogP contribution in [0.2, 0.25) is 0 Å². The standard InChI is InChI=1S/C8H6F3NO/c1-5-2-6(4-13)12-7(3-5)8(9,10)11/h2-4H,1H3. The summed E-state index contributed by atoms with van der Waals surface area (Å²) in [5.74, 6) is 0. The van der Waals surface area contributed by atoms with Gasteiger partial charge in [0.15, 0.2) is 6.29 Å². The summed E-state index contributed by atoms with van der Waals surface area (Å²) >= 11 is 0. The van der Waals surface area contributed by atoms with Gasteiger partial charge in [0.1, 0.15) is 11.4 Å². The molecule has 0 atom stereocenters. The number of pyridine rings is 1. The molecule has 0 aliphatic carbocycles. The molecule has 13 heavy (non-hydrogen) atoms. The first-order valence-electron chi connectivity index (χ1n) is 3.44. The van der Waals surface area contributed by atoms with Gasteiger partial charge in [0, 0.05) is 0 Å². The molecule has 0 aromatic carbocycles. The summed E-state index contributed by atoms with van der Waals surface area (Å²) in [7, 11) is 0. The molecule has 0 aliphatic rings. The molecule has 2 nitrogen and oxygen atoms in total. The maximum atomic E-state index is 12.1. The molecule has 1 heterocycles. The van der Waals surface area contributed by atoms with Crippen LogP contribution >= 0.6 is 0 Å². The normalized spacial score (nSPS) is 11.4. The maximum absolute atomic E-state index is 12.1. The molecule has 0 radical (unpaired) electrons. The second-order valence-corrected chi connectivity index (χ2v) is 2.57. The molecule has 0 spiro atoms. The fraction of sp³-hybridized carbons (Fsp3) is 0.250. The third kappa shape index (κ3) is 2.27. The molecule has 0 fully saturated rings. The van der Waals surface area contributed by atoms with Crippen LogP contribution in [0.1, 0.15) is 21.7 Å². The number of rotatable bonds is 1. The minimum Gasteiger partial charge on any atom is -0.296 e. The van der Waals surface area contributed by atoms with E-state index in [1.807, 2.05) is 0 Å². The zero-order valence-corrected chi connectivity index (χ0v) is 6.72. The second kappa shape index (κ2) is 3.16. The third-order valence-corrected chi connectivity index (χ3v) is 1.40. The van der Waals surface area contributed by atoms with Crippen molar-refractivity contribution >= 4 is 6.29 Å².